The van der Waals surface area contributed by atoms with Gasteiger partial charge in [-0.2, -0.15) is 0 Å². The molecule has 8 heteroatoms. The molecule has 0 radical (unpaired) electrons. The zero-order valence-corrected chi connectivity index (χ0v) is 23.4. The average Bonchev–Trinajstić information content (AvgIpc) is 3.54. The van der Waals surface area contributed by atoms with Gasteiger partial charge in [0.2, 0.25) is 11.8 Å². The van der Waals surface area contributed by atoms with E-state index in [-0.39, 0.29) is 37.0 Å². The summed E-state index contributed by atoms with van der Waals surface area (Å²) in [5, 5.41) is 10.5. The van der Waals surface area contributed by atoms with Crippen LogP contribution < -0.4 is 0 Å². The van der Waals surface area contributed by atoms with Crippen molar-refractivity contribution >= 4 is 17.8 Å². The molecular weight excluding hydrogens is 484 g/mol. The molecule has 4 aliphatic rings. The highest BCUT2D eigenvalue weighted by Gasteiger charge is 2.79. The van der Waals surface area contributed by atoms with Gasteiger partial charge in [0.15, 0.2) is 0 Å². The van der Waals surface area contributed by atoms with Crippen molar-refractivity contribution in [3.05, 3.63) is 25.3 Å². The number of carbonyl (C=O) groups is 3. The Morgan fingerprint density at radius 1 is 1.21 bits per heavy atom. The number of fused-ring (bicyclic) bond motifs is 1. The Bertz CT molecular complexity index is 932. The number of hydrogen-bond donors (Lipinski definition) is 1. The van der Waals surface area contributed by atoms with Crippen LogP contribution in [-0.2, 0) is 23.9 Å². The maximum Gasteiger partial charge on any atom is 0.313 e. The molecule has 1 spiro atoms. The Morgan fingerprint density at radius 3 is 2.50 bits per heavy atom. The summed E-state index contributed by atoms with van der Waals surface area (Å²) in [6.45, 7) is 13.7. The van der Waals surface area contributed by atoms with Crippen molar-refractivity contribution in [3.8, 4) is 0 Å². The van der Waals surface area contributed by atoms with E-state index in [0.29, 0.717) is 25.8 Å². The van der Waals surface area contributed by atoms with Crippen molar-refractivity contribution in [1.29, 1.82) is 0 Å². The number of rotatable bonds is 12. The summed E-state index contributed by atoms with van der Waals surface area (Å²) in [5.74, 6) is -2.56. The second kappa shape index (κ2) is 11.5. The number of aliphatic hydroxyl groups is 1. The summed E-state index contributed by atoms with van der Waals surface area (Å²) >= 11 is 0. The van der Waals surface area contributed by atoms with Gasteiger partial charge in [0.05, 0.1) is 24.2 Å². The molecule has 3 aliphatic heterocycles. The van der Waals surface area contributed by atoms with Crippen LogP contribution in [0.2, 0.25) is 0 Å². The third kappa shape index (κ3) is 4.41. The minimum atomic E-state index is -1.13. The first kappa shape index (κ1) is 28.8. The van der Waals surface area contributed by atoms with Crippen LogP contribution in [0.25, 0.3) is 0 Å². The fourth-order valence-electron chi connectivity index (χ4n) is 7.80. The van der Waals surface area contributed by atoms with Gasteiger partial charge in [-0.3, -0.25) is 14.4 Å². The monoisotopic (exact) mass is 530 g/mol. The molecule has 1 saturated carbocycles. The lowest BCUT2D eigenvalue weighted by molar-refractivity contribution is -0.164. The molecule has 1 aliphatic carbocycles. The van der Waals surface area contributed by atoms with Crippen LogP contribution in [0.5, 0.6) is 0 Å². The molecule has 0 aromatic rings. The Labute approximate surface area is 227 Å². The van der Waals surface area contributed by atoms with Gasteiger partial charge in [-0.15, -0.1) is 6.58 Å². The number of hydrogen-bond acceptors (Lipinski definition) is 6. The summed E-state index contributed by atoms with van der Waals surface area (Å²) in [4.78, 5) is 46.1. The predicted octanol–water partition coefficient (Wildman–Crippen LogP) is 3.62. The van der Waals surface area contributed by atoms with E-state index in [1.165, 1.54) is 6.08 Å². The number of ether oxygens (including phenoxy) is 2. The fourth-order valence-corrected chi connectivity index (χ4v) is 7.80. The minimum Gasteiger partial charge on any atom is -0.461 e. The summed E-state index contributed by atoms with van der Waals surface area (Å²) < 4.78 is 12.4. The fraction of sp³-hybridized carbons (Fsp3) is 0.767. The van der Waals surface area contributed by atoms with E-state index >= 15 is 0 Å². The highest BCUT2D eigenvalue weighted by atomic mass is 16.6. The summed E-state index contributed by atoms with van der Waals surface area (Å²) in [5.41, 5.74) is -1.97. The lowest BCUT2D eigenvalue weighted by Gasteiger charge is -2.43. The first-order chi connectivity index (χ1) is 18.3. The zero-order valence-electron chi connectivity index (χ0n) is 23.4. The predicted molar refractivity (Wildman–Crippen MR) is 144 cm³/mol. The van der Waals surface area contributed by atoms with Gasteiger partial charge in [0.1, 0.15) is 24.2 Å². The van der Waals surface area contributed by atoms with E-state index in [1.807, 2.05) is 25.7 Å². The van der Waals surface area contributed by atoms with Gasteiger partial charge >= 0.3 is 5.97 Å². The quantitative estimate of drug-likeness (QED) is 0.306. The summed E-state index contributed by atoms with van der Waals surface area (Å²) in [6.07, 6.45) is 10.7. The molecule has 8 nitrogen and oxygen atoms in total. The van der Waals surface area contributed by atoms with E-state index in [0.717, 1.165) is 38.5 Å². The molecule has 212 valence electrons. The van der Waals surface area contributed by atoms with E-state index in [9.17, 15) is 19.5 Å². The summed E-state index contributed by atoms with van der Waals surface area (Å²) in [6, 6.07) is -1.38. The maximum absolute atomic E-state index is 14.7. The topological polar surface area (TPSA) is 96.4 Å². The highest BCUT2D eigenvalue weighted by Crippen LogP contribution is 2.65. The number of esters is 1. The van der Waals surface area contributed by atoms with Gasteiger partial charge in [-0.25, -0.2) is 0 Å². The van der Waals surface area contributed by atoms with Crippen molar-refractivity contribution in [2.45, 2.75) is 108 Å². The number of carbonyl (C=O) groups excluding carboxylic acids is 3. The zero-order chi connectivity index (χ0) is 27.7. The molecule has 0 aromatic heterocycles. The maximum atomic E-state index is 14.7. The molecular formula is C30H46N2O6. The summed E-state index contributed by atoms with van der Waals surface area (Å²) in [7, 11) is 0. The van der Waals surface area contributed by atoms with Gasteiger partial charge < -0.3 is 24.4 Å². The molecule has 1 N–H and O–H groups in total. The SMILES string of the molecule is C=CCOC(=O)[C@H]1[C@H]2C(=O)N([C@@H](CO)[C@@H](C)CC)C(C(=O)N(CC=C)C3CCCCC3)C23CC[C@]1(CC)O3. The van der Waals surface area contributed by atoms with E-state index in [1.54, 1.807) is 11.0 Å². The largest absolute Gasteiger partial charge is 0.461 e. The van der Waals surface area contributed by atoms with Crippen molar-refractivity contribution in [3.63, 3.8) is 0 Å². The molecule has 2 bridgehead atoms. The van der Waals surface area contributed by atoms with Crippen LogP contribution >= 0.6 is 0 Å². The van der Waals surface area contributed by atoms with Gasteiger partial charge in [-0.1, -0.05) is 65.2 Å². The number of aliphatic hydroxyl groups excluding tert-OH is 1. The third-order valence-electron chi connectivity index (χ3n) is 9.92. The molecule has 3 saturated heterocycles. The Kier molecular flexibility index (Phi) is 8.72. The smallest absolute Gasteiger partial charge is 0.313 e. The second-order valence-corrected chi connectivity index (χ2v) is 11.7. The second-order valence-electron chi connectivity index (χ2n) is 11.7. The number of amides is 2. The standard InChI is InChI=1S/C30H46N2O6/c1-6-17-31(21-13-11-10-12-14-21)27(35)25-30-16-15-29(9-4,38-30)24(28(36)37-18-7-2)23(30)26(34)32(25)22(19-33)20(5)8-3/h6-7,20-25,33H,1-2,8-19H2,3-5H3/t20-,22-,23-,24+,25?,29-,30?/m0/s1. The number of likely N-dealkylation sites (tertiary alicyclic amines) is 1. The number of nitrogens with zero attached hydrogens (tertiary/aromatic N) is 2. The third-order valence-corrected chi connectivity index (χ3v) is 9.92. The molecule has 2 amide bonds. The van der Waals surface area contributed by atoms with Crippen LogP contribution in [0.3, 0.4) is 0 Å². The lowest BCUT2D eigenvalue weighted by Crippen LogP contribution is -2.61. The van der Waals surface area contributed by atoms with Gasteiger partial charge in [-0.05, 0) is 38.0 Å². The highest BCUT2D eigenvalue weighted by molar-refractivity contribution is 5.99. The van der Waals surface area contributed by atoms with Crippen molar-refractivity contribution in [2.24, 2.45) is 17.8 Å². The Morgan fingerprint density at radius 2 is 1.92 bits per heavy atom. The van der Waals surface area contributed by atoms with Gasteiger partial charge in [0, 0.05) is 12.6 Å². The molecule has 38 heavy (non-hydrogen) atoms. The van der Waals surface area contributed by atoms with Crippen LogP contribution in [0.1, 0.15) is 78.6 Å². The molecule has 4 rings (SSSR count). The van der Waals surface area contributed by atoms with E-state index in [4.69, 9.17) is 9.47 Å². The molecule has 4 fully saturated rings. The van der Waals surface area contributed by atoms with Crippen LogP contribution in [0.4, 0.5) is 0 Å². The molecule has 0 aromatic carbocycles. The Hall–Kier alpha value is -2.19. The van der Waals surface area contributed by atoms with Gasteiger partial charge in [0.25, 0.3) is 0 Å². The average molecular weight is 531 g/mol. The lowest BCUT2D eigenvalue weighted by atomic mass is 9.65. The van der Waals surface area contributed by atoms with Crippen molar-refractivity contribution in [1.82, 2.24) is 9.80 Å². The van der Waals surface area contributed by atoms with Crippen molar-refractivity contribution < 1.29 is 29.0 Å². The molecule has 2 unspecified atom stereocenters. The minimum absolute atomic E-state index is 0.0412. The molecule has 3 heterocycles. The van der Waals surface area contributed by atoms with Crippen molar-refractivity contribution in [2.75, 3.05) is 19.8 Å². The first-order valence-electron chi connectivity index (χ1n) is 14.6. The van der Waals surface area contributed by atoms with E-state index in [2.05, 4.69) is 13.2 Å². The van der Waals surface area contributed by atoms with Crippen LogP contribution in [0.15, 0.2) is 25.3 Å². The first-order valence-corrected chi connectivity index (χ1v) is 14.6. The van der Waals surface area contributed by atoms with Crippen LogP contribution in [-0.4, -0.2) is 81.8 Å². The Balaban J connectivity index is 1.83. The van der Waals surface area contributed by atoms with Crippen LogP contribution in [0, 0.1) is 17.8 Å². The molecule has 7 atom stereocenters. The normalized spacial score (nSPS) is 34.1. The van der Waals surface area contributed by atoms with E-state index < -0.39 is 41.1 Å².